The Morgan fingerprint density at radius 3 is 2.73 bits per heavy atom. The SMILES string of the molecule is NC(NC1CCCCC1)C(N)C(=O)OCc1ccc(C=O)o1. The Morgan fingerprint density at radius 1 is 1.36 bits per heavy atom. The summed E-state index contributed by atoms with van der Waals surface area (Å²) in [5, 5.41) is 3.19. The molecule has 1 heterocycles. The molecule has 0 aromatic carbocycles. The molecule has 1 aliphatic carbocycles. The van der Waals surface area contributed by atoms with Gasteiger partial charge in [-0.15, -0.1) is 0 Å². The second-order valence-electron chi connectivity index (χ2n) is 5.58. The number of aldehydes is 1. The minimum absolute atomic E-state index is 0.0729. The highest BCUT2D eigenvalue weighted by Gasteiger charge is 2.26. The highest BCUT2D eigenvalue weighted by molar-refractivity contribution is 5.76. The fourth-order valence-corrected chi connectivity index (χ4v) is 2.57. The zero-order valence-corrected chi connectivity index (χ0v) is 12.5. The number of nitrogens with two attached hydrogens (primary N) is 2. The van der Waals surface area contributed by atoms with Gasteiger partial charge in [-0.25, -0.2) is 0 Å². The first-order chi connectivity index (χ1) is 10.6. The fraction of sp³-hybridized carbons (Fsp3) is 0.600. The summed E-state index contributed by atoms with van der Waals surface area (Å²) < 4.78 is 10.2. The van der Waals surface area contributed by atoms with E-state index >= 15 is 0 Å². The van der Waals surface area contributed by atoms with Crippen molar-refractivity contribution in [3.05, 3.63) is 23.7 Å². The first-order valence-corrected chi connectivity index (χ1v) is 7.58. The molecule has 1 aliphatic rings. The number of furan rings is 1. The van der Waals surface area contributed by atoms with Gasteiger partial charge in [0.1, 0.15) is 18.4 Å². The van der Waals surface area contributed by atoms with Crippen LogP contribution >= 0.6 is 0 Å². The number of nitrogens with one attached hydrogen (secondary N) is 1. The zero-order valence-electron chi connectivity index (χ0n) is 12.5. The van der Waals surface area contributed by atoms with Gasteiger partial charge in [0.25, 0.3) is 0 Å². The van der Waals surface area contributed by atoms with Crippen molar-refractivity contribution < 1.29 is 18.7 Å². The second-order valence-corrected chi connectivity index (χ2v) is 5.58. The summed E-state index contributed by atoms with van der Waals surface area (Å²) in [6, 6.07) is 2.44. The molecule has 1 saturated carbocycles. The molecular formula is C15H23N3O4. The van der Waals surface area contributed by atoms with Gasteiger partial charge in [0.05, 0.1) is 6.17 Å². The first-order valence-electron chi connectivity index (χ1n) is 7.58. The summed E-state index contributed by atoms with van der Waals surface area (Å²) in [6.07, 6.45) is 5.63. The average molecular weight is 309 g/mol. The van der Waals surface area contributed by atoms with Gasteiger partial charge in [-0.3, -0.25) is 14.9 Å². The molecule has 1 aromatic heterocycles. The molecule has 0 saturated heterocycles. The van der Waals surface area contributed by atoms with Crippen LogP contribution in [0, 0.1) is 0 Å². The summed E-state index contributed by atoms with van der Waals surface area (Å²) in [7, 11) is 0. The molecule has 22 heavy (non-hydrogen) atoms. The van der Waals surface area contributed by atoms with E-state index in [-0.39, 0.29) is 12.4 Å². The molecule has 2 unspecified atom stereocenters. The molecule has 122 valence electrons. The largest absolute Gasteiger partial charge is 0.456 e. The standard InChI is InChI=1S/C15H23N3O4/c16-13(14(17)18-10-4-2-1-3-5-10)15(20)21-9-12-7-6-11(8-19)22-12/h6-8,10,13-14,18H,1-5,9,16-17H2. The number of carbonyl (C=O) groups is 2. The third-order valence-corrected chi connectivity index (χ3v) is 3.85. The Labute approximate surface area is 129 Å². The second kappa shape index (κ2) is 8.07. The fourth-order valence-electron chi connectivity index (χ4n) is 2.57. The van der Waals surface area contributed by atoms with Gasteiger partial charge < -0.3 is 20.6 Å². The van der Waals surface area contributed by atoms with E-state index in [9.17, 15) is 9.59 Å². The van der Waals surface area contributed by atoms with E-state index < -0.39 is 18.2 Å². The van der Waals surface area contributed by atoms with Crippen molar-refractivity contribution in [1.82, 2.24) is 5.32 Å². The lowest BCUT2D eigenvalue weighted by Crippen LogP contribution is -2.58. The number of esters is 1. The Kier molecular flexibility index (Phi) is 6.11. The molecule has 0 radical (unpaired) electrons. The Balaban J connectivity index is 1.76. The molecule has 0 spiro atoms. The monoisotopic (exact) mass is 309 g/mol. The predicted molar refractivity (Wildman–Crippen MR) is 79.9 cm³/mol. The van der Waals surface area contributed by atoms with Gasteiger partial charge in [-0.05, 0) is 25.0 Å². The lowest BCUT2D eigenvalue weighted by molar-refractivity contribution is -0.147. The summed E-state index contributed by atoms with van der Waals surface area (Å²) >= 11 is 0. The lowest BCUT2D eigenvalue weighted by Gasteiger charge is -2.28. The molecule has 1 aromatic rings. The van der Waals surface area contributed by atoms with E-state index in [2.05, 4.69) is 5.32 Å². The maximum Gasteiger partial charge on any atom is 0.326 e. The maximum absolute atomic E-state index is 11.9. The van der Waals surface area contributed by atoms with Gasteiger partial charge in [0, 0.05) is 6.04 Å². The summed E-state index contributed by atoms with van der Waals surface area (Å²) in [5.74, 6) is -0.0256. The van der Waals surface area contributed by atoms with Gasteiger partial charge in [-0.1, -0.05) is 19.3 Å². The summed E-state index contributed by atoms with van der Waals surface area (Å²) in [5.41, 5.74) is 11.8. The number of hydrogen-bond donors (Lipinski definition) is 3. The predicted octanol–water partition coefficient (Wildman–Crippen LogP) is 0.670. The molecule has 2 rings (SSSR count). The van der Waals surface area contributed by atoms with Gasteiger partial charge in [-0.2, -0.15) is 0 Å². The van der Waals surface area contributed by atoms with Gasteiger partial charge >= 0.3 is 5.97 Å². The van der Waals surface area contributed by atoms with Crippen LogP contribution in [0.15, 0.2) is 16.5 Å². The van der Waals surface area contributed by atoms with Crippen LogP contribution in [0.2, 0.25) is 0 Å². The molecule has 7 heteroatoms. The van der Waals surface area contributed by atoms with E-state index in [1.54, 1.807) is 6.07 Å². The molecule has 5 N–H and O–H groups in total. The first kappa shape index (κ1) is 16.7. The molecule has 7 nitrogen and oxygen atoms in total. The van der Waals surface area contributed by atoms with Crippen LogP contribution in [0.5, 0.6) is 0 Å². The minimum atomic E-state index is -0.942. The quantitative estimate of drug-likeness (QED) is 0.384. The van der Waals surface area contributed by atoms with Crippen LogP contribution in [0.4, 0.5) is 0 Å². The molecule has 0 bridgehead atoms. The van der Waals surface area contributed by atoms with Crippen molar-refractivity contribution in [2.24, 2.45) is 11.5 Å². The lowest BCUT2D eigenvalue weighted by atomic mass is 9.95. The van der Waals surface area contributed by atoms with Crippen molar-refractivity contribution in [1.29, 1.82) is 0 Å². The maximum atomic E-state index is 11.9. The molecule has 0 amide bonds. The smallest absolute Gasteiger partial charge is 0.326 e. The Morgan fingerprint density at radius 2 is 2.09 bits per heavy atom. The topological polar surface area (TPSA) is 121 Å². The highest BCUT2D eigenvalue weighted by atomic mass is 16.5. The van der Waals surface area contributed by atoms with Crippen LogP contribution in [0.25, 0.3) is 0 Å². The molecular weight excluding hydrogens is 286 g/mol. The normalized spacial score (nSPS) is 18.6. The number of hydrogen-bond acceptors (Lipinski definition) is 7. The van der Waals surface area contributed by atoms with Crippen molar-refractivity contribution in [3.8, 4) is 0 Å². The highest BCUT2D eigenvalue weighted by Crippen LogP contribution is 2.17. The van der Waals surface area contributed by atoms with Crippen LogP contribution in [0.1, 0.15) is 48.4 Å². The van der Waals surface area contributed by atoms with Gasteiger partial charge in [0.15, 0.2) is 12.0 Å². The number of rotatable bonds is 7. The van der Waals surface area contributed by atoms with E-state index in [0.717, 1.165) is 12.8 Å². The van der Waals surface area contributed by atoms with E-state index in [1.165, 1.54) is 25.3 Å². The van der Waals surface area contributed by atoms with Crippen LogP contribution in [-0.4, -0.2) is 30.5 Å². The average Bonchev–Trinajstić information content (AvgIpc) is 3.01. The number of ether oxygens (including phenoxy) is 1. The third kappa shape index (κ3) is 4.66. The van der Waals surface area contributed by atoms with Crippen LogP contribution in [-0.2, 0) is 16.1 Å². The van der Waals surface area contributed by atoms with Crippen molar-refractivity contribution in [2.45, 2.75) is 57.0 Å². The Hall–Kier alpha value is -1.70. The van der Waals surface area contributed by atoms with Crippen LogP contribution in [0.3, 0.4) is 0 Å². The minimum Gasteiger partial charge on any atom is -0.456 e. The van der Waals surface area contributed by atoms with Crippen molar-refractivity contribution in [3.63, 3.8) is 0 Å². The molecule has 0 aliphatic heterocycles. The van der Waals surface area contributed by atoms with E-state index in [0.29, 0.717) is 18.1 Å². The molecule has 2 atom stereocenters. The Bertz CT molecular complexity index is 497. The summed E-state index contributed by atoms with van der Waals surface area (Å²) in [6.45, 7) is -0.0729. The van der Waals surface area contributed by atoms with Crippen molar-refractivity contribution in [2.75, 3.05) is 0 Å². The number of carbonyl (C=O) groups excluding carboxylic acids is 2. The van der Waals surface area contributed by atoms with E-state index in [4.69, 9.17) is 20.6 Å². The summed E-state index contributed by atoms with van der Waals surface area (Å²) in [4.78, 5) is 22.4. The van der Waals surface area contributed by atoms with E-state index in [1.807, 2.05) is 0 Å². The third-order valence-electron chi connectivity index (χ3n) is 3.85. The van der Waals surface area contributed by atoms with Crippen LogP contribution < -0.4 is 16.8 Å². The van der Waals surface area contributed by atoms with Crippen molar-refractivity contribution >= 4 is 12.3 Å². The zero-order chi connectivity index (χ0) is 15.9. The van der Waals surface area contributed by atoms with Gasteiger partial charge in [0.2, 0.25) is 0 Å². The molecule has 1 fully saturated rings.